The van der Waals surface area contributed by atoms with E-state index in [1.54, 1.807) is 0 Å². The van der Waals surface area contributed by atoms with Gasteiger partial charge in [-0.1, -0.05) is 25.7 Å². The third-order valence-corrected chi connectivity index (χ3v) is 4.38. The van der Waals surface area contributed by atoms with E-state index in [9.17, 15) is 4.79 Å². The van der Waals surface area contributed by atoms with Gasteiger partial charge in [-0.2, -0.15) is 0 Å². The van der Waals surface area contributed by atoms with E-state index >= 15 is 0 Å². The highest BCUT2D eigenvalue weighted by molar-refractivity contribution is 14.1. The zero-order valence-electron chi connectivity index (χ0n) is 12.7. The number of nitrogens with zero attached hydrogens (tertiary/aromatic N) is 1. The standard InChI is InChI=1S/C16H23IN2O/c1-6-10-18-15(20)16(3,4)12-8-9-14(13(17)7-2)19(5)11-12/h7-9,11H,2,6,10H2,1,3-5H3,(H,18,20)/b14-13+. The molecule has 0 fully saturated rings. The van der Waals surface area contributed by atoms with Gasteiger partial charge in [-0.3, -0.25) is 4.79 Å². The highest BCUT2D eigenvalue weighted by Crippen LogP contribution is 2.33. The maximum Gasteiger partial charge on any atom is 0.230 e. The van der Waals surface area contributed by atoms with Crippen LogP contribution in [0.4, 0.5) is 0 Å². The molecule has 0 aromatic heterocycles. The number of carbonyl (C=O) groups is 1. The van der Waals surface area contributed by atoms with E-state index in [0.29, 0.717) is 6.54 Å². The van der Waals surface area contributed by atoms with E-state index in [0.717, 1.165) is 21.3 Å². The summed E-state index contributed by atoms with van der Waals surface area (Å²) >= 11 is 2.26. The van der Waals surface area contributed by atoms with Gasteiger partial charge >= 0.3 is 0 Å². The van der Waals surface area contributed by atoms with Gasteiger partial charge in [-0.25, -0.2) is 0 Å². The number of allylic oxidation sites excluding steroid dienone is 4. The van der Waals surface area contributed by atoms with Crippen LogP contribution < -0.4 is 5.32 Å². The zero-order valence-corrected chi connectivity index (χ0v) is 14.8. The molecule has 0 saturated heterocycles. The lowest BCUT2D eigenvalue weighted by Gasteiger charge is -2.30. The van der Waals surface area contributed by atoms with Gasteiger partial charge < -0.3 is 10.2 Å². The van der Waals surface area contributed by atoms with Crippen LogP contribution in [0.2, 0.25) is 0 Å². The average Bonchev–Trinajstić information content (AvgIpc) is 2.43. The second kappa shape index (κ2) is 7.11. The van der Waals surface area contributed by atoms with Gasteiger partial charge in [-0.05, 0) is 54.5 Å². The predicted molar refractivity (Wildman–Crippen MR) is 93.3 cm³/mol. The van der Waals surface area contributed by atoms with Gasteiger partial charge in [0.1, 0.15) is 0 Å². The molecule has 110 valence electrons. The first kappa shape index (κ1) is 17.0. The summed E-state index contributed by atoms with van der Waals surface area (Å²) in [5, 5.41) is 2.97. The molecule has 0 saturated carbocycles. The minimum Gasteiger partial charge on any atom is -0.355 e. The van der Waals surface area contributed by atoms with Crippen molar-refractivity contribution in [3.8, 4) is 0 Å². The third kappa shape index (κ3) is 3.75. The summed E-state index contributed by atoms with van der Waals surface area (Å²) in [4.78, 5) is 14.3. The van der Waals surface area contributed by atoms with Crippen LogP contribution in [-0.2, 0) is 4.79 Å². The Labute approximate surface area is 135 Å². The summed E-state index contributed by atoms with van der Waals surface area (Å²) in [5.74, 6) is 0.0643. The molecule has 0 aromatic rings. The van der Waals surface area contributed by atoms with Gasteiger partial charge in [0.25, 0.3) is 0 Å². The van der Waals surface area contributed by atoms with Crippen molar-refractivity contribution in [1.82, 2.24) is 10.2 Å². The van der Waals surface area contributed by atoms with Crippen LogP contribution in [0, 0.1) is 5.41 Å². The third-order valence-electron chi connectivity index (χ3n) is 3.38. The van der Waals surface area contributed by atoms with E-state index in [-0.39, 0.29) is 5.91 Å². The van der Waals surface area contributed by atoms with Crippen LogP contribution >= 0.6 is 22.6 Å². The van der Waals surface area contributed by atoms with Crippen molar-refractivity contribution < 1.29 is 4.79 Å². The zero-order chi connectivity index (χ0) is 15.3. The smallest absolute Gasteiger partial charge is 0.230 e. The lowest BCUT2D eigenvalue weighted by atomic mass is 9.82. The van der Waals surface area contributed by atoms with Crippen LogP contribution in [0.3, 0.4) is 0 Å². The summed E-state index contributed by atoms with van der Waals surface area (Å²) in [6.07, 6.45) is 8.84. The number of carbonyl (C=O) groups excluding carboxylic acids is 1. The maximum absolute atomic E-state index is 12.3. The molecule has 1 amide bonds. The molecule has 0 aromatic carbocycles. The quantitative estimate of drug-likeness (QED) is 0.730. The van der Waals surface area contributed by atoms with E-state index in [1.165, 1.54) is 0 Å². The molecule has 0 bridgehead atoms. The predicted octanol–water partition coefficient (Wildman–Crippen LogP) is 3.76. The maximum atomic E-state index is 12.3. The Morgan fingerprint density at radius 1 is 1.50 bits per heavy atom. The topological polar surface area (TPSA) is 32.3 Å². The molecule has 0 unspecified atom stereocenters. The van der Waals surface area contributed by atoms with Crippen LogP contribution in [0.25, 0.3) is 0 Å². The van der Waals surface area contributed by atoms with E-state index in [1.807, 2.05) is 50.2 Å². The fourth-order valence-corrected chi connectivity index (χ4v) is 2.48. The van der Waals surface area contributed by atoms with Gasteiger partial charge in [0.15, 0.2) is 0 Å². The highest BCUT2D eigenvalue weighted by Gasteiger charge is 2.32. The number of halogens is 1. The monoisotopic (exact) mass is 386 g/mol. The fraction of sp³-hybridized carbons (Fsp3) is 0.438. The van der Waals surface area contributed by atoms with Gasteiger partial charge in [0.2, 0.25) is 5.91 Å². The van der Waals surface area contributed by atoms with Crippen molar-refractivity contribution in [2.24, 2.45) is 5.41 Å². The van der Waals surface area contributed by atoms with Gasteiger partial charge in [-0.15, -0.1) is 0 Å². The second-order valence-corrected chi connectivity index (χ2v) is 6.51. The molecule has 1 heterocycles. The molecule has 1 rings (SSSR count). The van der Waals surface area contributed by atoms with Crippen molar-refractivity contribution in [1.29, 1.82) is 0 Å². The Balaban J connectivity index is 2.97. The SMILES string of the molecule is C=C/C(I)=C1/C=CC(C(C)(C)C(=O)NCCC)=CN1C. The normalized spacial score (nSPS) is 17.6. The minimum absolute atomic E-state index is 0.0643. The number of likely N-dealkylation sites (N-methyl/N-ethyl adjacent to an activating group) is 1. The minimum atomic E-state index is -0.537. The van der Waals surface area contributed by atoms with E-state index in [4.69, 9.17) is 0 Å². The molecule has 20 heavy (non-hydrogen) atoms. The van der Waals surface area contributed by atoms with Crippen molar-refractivity contribution in [2.75, 3.05) is 13.6 Å². The summed E-state index contributed by atoms with van der Waals surface area (Å²) < 4.78 is 1.09. The first-order valence-electron chi connectivity index (χ1n) is 6.78. The fourth-order valence-electron chi connectivity index (χ4n) is 1.92. The van der Waals surface area contributed by atoms with Crippen LogP contribution in [0.1, 0.15) is 27.2 Å². The molecular weight excluding hydrogens is 363 g/mol. The average molecular weight is 386 g/mol. The molecule has 1 N–H and O–H groups in total. The number of rotatable bonds is 5. The Hall–Kier alpha value is -1.04. The molecule has 0 aliphatic carbocycles. The summed E-state index contributed by atoms with van der Waals surface area (Å²) in [7, 11) is 1.99. The van der Waals surface area contributed by atoms with Gasteiger partial charge in [0, 0.05) is 23.4 Å². The molecule has 4 heteroatoms. The summed E-state index contributed by atoms with van der Waals surface area (Å²) in [5.41, 5.74) is 1.56. The first-order chi connectivity index (χ1) is 9.34. The number of amides is 1. The van der Waals surface area contributed by atoms with Gasteiger partial charge in [0.05, 0.1) is 11.1 Å². The summed E-state index contributed by atoms with van der Waals surface area (Å²) in [6, 6.07) is 0. The second-order valence-electron chi connectivity index (χ2n) is 5.35. The Bertz CT molecular complexity index is 487. The molecular formula is C16H23IN2O. The number of hydrogen-bond acceptors (Lipinski definition) is 2. The lowest BCUT2D eigenvalue weighted by Crippen LogP contribution is -2.39. The largest absolute Gasteiger partial charge is 0.355 e. The Morgan fingerprint density at radius 3 is 2.65 bits per heavy atom. The number of hydrogen-bond donors (Lipinski definition) is 1. The number of nitrogens with one attached hydrogen (secondary N) is 1. The molecule has 1 aliphatic heterocycles. The van der Waals surface area contributed by atoms with Crippen molar-refractivity contribution in [2.45, 2.75) is 27.2 Å². The molecule has 1 aliphatic rings. The van der Waals surface area contributed by atoms with E-state index < -0.39 is 5.41 Å². The van der Waals surface area contributed by atoms with Crippen molar-refractivity contribution >= 4 is 28.5 Å². The molecule has 3 nitrogen and oxygen atoms in total. The summed E-state index contributed by atoms with van der Waals surface area (Å²) in [6.45, 7) is 10.5. The Morgan fingerprint density at radius 2 is 2.15 bits per heavy atom. The van der Waals surface area contributed by atoms with Crippen LogP contribution in [0.5, 0.6) is 0 Å². The lowest BCUT2D eigenvalue weighted by molar-refractivity contribution is -0.127. The Kier molecular flexibility index (Phi) is 6.05. The van der Waals surface area contributed by atoms with Crippen molar-refractivity contribution in [3.63, 3.8) is 0 Å². The van der Waals surface area contributed by atoms with Crippen LogP contribution in [-0.4, -0.2) is 24.4 Å². The molecule has 0 spiro atoms. The first-order valence-corrected chi connectivity index (χ1v) is 7.86. The highest BCUT2D eigenvalue weighted by atomic mass is 127. The van der Waals surface area contributed by atoms with Crippen LogP contribution in [0.15, 0.2) is 45.9 Å². The molecule has 0 atom stereocenters. The molecule has 0 radical (unpaired) electrons. The van der Waals surface area contributed by atoms with E-state index in [2.05, 4.69) is 41.4 Å². The van der Waals surface area contributed by atoms with Crippen molar-refractivity contribution in [3.05, 3.63) is 45.9 Å².